The van der Waals surface area contributed by atoms with Gasteiger partial charge in [-0.25, -0.2) is 0 Å². The van der Waals surface area contributed by atoms with Crippen LogP contribution in [0, 0.1) is 0 Å². The van der Waals surface area contributed by atoms with Gasteiger partial charge in [-0.3, -0.25) is 4.90 Å². The third-order valence-electron chi connectivity index (χ3n) is 3.25. The molecular formula is C13H20N2. The zero-order valence-electron chi connectivity index (χ0n) is 9.23. The number of benzene rings is 1. The highest BCUT2D eigenvalue weighted by molar-refractivity contribution is 5.14. The topological polar surface area (TPSA) is 29.3 Å². The summed E-state index contributed by atoms with van der Waals surface area (Å²) >= 11 is 0. The minimum atomic E-state index is 0.596. The second kappa shape index (κ2) is 5.29. The number of rotatable bonds is 3. The predicted molar refractivity (Wildman–Crippen MR) is 63.5 cm³/mol. The summed E-state index contributed by atoms with van der Waals surface area (Å²) in [7, 11) is 0. The molecule has 1 fully saturated rings. The van der Waals surface area contributed by atoms with Crippen LogP contribution in [0.2, 0.25) is 0 Å². The van der Waals surface area contributed by atoms with Crippen LogP contribution in [0.25, 0.3) is 0 Å². The van der Waals surface area contributed by atoms with Crippen LogP contribution in [0.1, 0.15) is 24.8 Å². The van der Waals surface area contributed by atoms with Crippen molar-refractivity contribution in [3.8, 4) is 0 Å². The molecule has 0 unspecified atom stereocenters. The molecule has 1 aromatic rings. The average Bonchev–Trinajstić information content (AvgIpc) is 2.31. The van der Waals surface area contributed by atoms with E-state index in [4.69, 9.17) is 5.73 Å². The van der Waals surface area contributed by atoms with Gasteiger partial charge in [-0.15, -0.1) is 0 Å². The van der Waals surface area contributed by atoms with Gasteiger partial charge in [-0.1, -0.05) is 36.8 Å². The molecule has 1 saturated heterocycles. The van der Waals surface area contributed by atoms with Crippen LogP contribution in [0.5, 0.6) is 0 Å². The van der Waals surface area contributed by atoms with Gasteiger partial charge in [0.2, 0.25) is 0 Å². The summed E-state index contributed by atoms with van der Waals surface area (Å²) in [5, 5.41) is 0. The van der Waals surface area contributed by atoms with Crippen LogP contribution in [-0.4, -0.2) is 24.0 Å². The van der Waals surface area contributed by atoms with Gasteiger partial charge >= 0.3 is 0 Å². The third kappa shape index (κ3) is 2.80. The number of hydrogen-bond donors (Lipinski definition) is 1. The Morgan fingerprint density at radius 1 is 1.20 bits per heavy atom. The van der Waals surface area contributed by atoms with E-state index < -0.39 is 0 Å². The highest BCUT2D eigenvalue weighted by atomic mass is 15.2. The molecule has 0 amide bonds. The Kier molecular flexibility index (Phi) is 3.75. The summed E-state index contributed by atoms with van der Waals surface area (Å²) in [6.45, 7) is 3.06. The van der Waals surface area contributed by atoms with Gasteiger partial charge in [0.1, 0.15) is 0 Å². The molecule has 0 saturated carbocycles. The van der Waals surface area contributed by atoms with Crippen LogP contribution in [0.3, 0.4) is 0 Å². The second-order valence-corrected chi connectivity index (χ2v) is 4.34. The van der Waals surface area contributed by atoms with E-state index in [1.54, 1.807) is 0 Å². The summed E-state index contributed by atoms with van der Waals surface area (Å²) in [6, 6.07) is 11.3. The predicted octanol–water partition coefficient (Wildman–Crippen LogP) is 2.00. The van der Waals surface area contributed by atoms with E-state index in [2.05, 4.69) is 35.2 Å². The molecule has 1 atom stereocenters. The lowest BCUT2D eigenvalue weighted by Crippen LogP contribution is -2.43. The van der Waals surface area contributed by atoms with Crippen molar-refractivity contribution in [1.82, 2.24) is 4.90 Å². The van der Waals surface area contributed by atoms with Crippen molar-refractivity contribution < 1.29 is 0 Å². The maximum Gasteiger partial charge on any atom is 0.0237 e. The van der Waals surface area contributed by atoms with Crippen LogP contribution in [-0.2, 0) is 6.54 Å². The van der Waals surface area contributed by atoms with E-state index in [0.717, 1.165) is 13.1 Å². The molecule has 1 aromatic carbocycles. The summed E-state index contributed by atoms with van der Waals surface area (Å²) in [5.74, 6) is 0. The Balaban J connectivity index is 1.97. The highest BCUT2D eigenvalue weighted by Crippen LogP contribution is 2.18. The third-order valence-corrected chi connectivity index (χ3v) is 3.25. The van der Waals surface area contributed by atoms with Crippen LogP contribution < -0.4 is 5.73 Å². The van der Waals surface area contributed by atoms with Gasteiger partial charge in [0.25, 0.3) is 0 Å². The minimum absolute atomic E-state index is 0.596. The largest absolute Gasteiger partial charge is 0.329 e. The molecule has 0 aliphatic carbocycles. The molecule has 2 nitrogen and oxygen atoms in total. The van der Waals surface area contributed by atoms with Crippen molar-refractivity contribution in [1.29, 1.82) is 0 Å². The molecule has 0 aromatic heterocycles. The highest BCUT2D eigenvalue weighted by Gasteiger charge is 2.20. The Bertz CT molecular complexity index is 284. The van der Waals surface area contributed by atoms with Crippen molar-refractivity contribution in [2.24, 2.45) is 5.73 Å². The van der Waals surface area contributed by atoms with E-state index in [9.17, 15) is 0 Å². The normalized spacial score (nSPS) is 22.9. The lowest BCUT2D eigenvalue weighted by molar-refractivity contribution is 0.145. The lowest BCUT2D eigenvalue weighted by atomic mass is 10.0. The lowest BCUT2D eigenvalue weighted by Gasteiger charge is -2.34. The maximum atomic E-state index is 5.81. The van der Waals surface area contributed by atoms with Gasteiger partial charge in [0, 0.05) is 19.1 Å². The minimum Gasteiger partial charge on any atom is -0.329 e. The Morgan fingerprint density at radius 3 is 2.73 bits per heavy atom. The molecule has 2 N–H and O–H groups in total. The van der Waals surface area contributed by atoms with Crippen molar-refractivity contribution in [2.75, 3.05) is 13.1 Å². The first-order valence-electron chi connectivity index (χ1n) is 5.88. The molecule has 15 heavy (non-hydrogen) atoms. The van der Waals surface area contributed by atoms with Crippen molar-refractivity contribution in [2.45, 2.75) is 31.8 Å². The van der Waals surface area contributed by atoms with E-state index in [1.165, 1.54) is 31.4 Å². The van der Waals surface area contributed by atoms with Crippen molar-refractivity contribution in [3.63, 3.8) is 0 Å². The van der Waals surface area contributed by atoms with E-state index >= 15 is 0 Å². The first kappa shape index (κ1) is 10.7. The van der Waals surface area contributed by atoms with Gasteiger partial charge in [-0.05, 0) is 24.9 Å². The fourth-order valence-corrected chi connectivity index (χ4v) is 2.35. The van der Waals surface area contributed by atoms with Crippen molar-refractivity contribution >= 4 is 0 Å². The van der Waals surface area contributed by atoms with Gasteiger partial charge in [0.15, 0.2) is 0 Å². The summed E-state index contributed by atoms with van der Waals surface area (Å²) in [5.41, 5.74) is 7.21. The number of likely N-dealkylation sites (tertiary alicyclic amines) is 1. The number of nitrogens with two attached hydrogens (primary N) is 1. The summed E-state index contributed by atoms with van der Waals surface area (Å²) in [4.78, 5) is 2.53. The molecule has 1 aliphatic heterocycles. The Hall–Kier alpha value is -0.860. The van der Waals surface area contributed by atoms with Crippen molar-refractivity contribution in [3.05, 3.63) is 35.9 Å². The second-order valence-electron chi connectivity index (χ2n) is 4.34. The molecule has 0 spiro atoms. The van der Waals surface area contributed by atoms with Crippen LogP contribution in [0.15, 0.2) is 30.3 Å². The first-order chi connectivity index (χ1) is 7.40. The molecule has 2 rings (SSSR count). The molecule has 2 heteroatoms. The maximum absolute atomic E-state index is 5.81. The van der Waals surface area contributed by atoms with E-state index in [-0.39, 0.29) is 0 Å². The monoisotopic (exact) mass is 204 g/mol. The number of hydrogen-bond acceptors (Lipinski definition) is 2. The standard InChI is InChI=1S/C13H20N2/c14-10-13-8-4-5-9-15(13)11-12-6-2-1-3-7-12/h1-3,6-7,13H,4-5,8-11,14H2/t13-/m1/s1. The van der Waals surface area contributed by atoms with E-state index in [1.807, 2.05) is 0 Å². The quantitative estimate of drug-likeness (QED) is 0.816. The SMILES string of the molecule is NC[C@H]1CCCCN1Cc1ccccc1. The van der Waals surface area contributed by atoms with Gasteiger partial charge in [0.05, 0.1) is 0 Å². The van der Waals surface area contributed by atoms with E-state index in [0.29, 0.717) is 6.04 Å². The zero-order valence-corrected chi connectivity index (χ0v) is 9.23. The molecule has 0 radical (unpaired) electrons. The molecule has 0 bridgehead atoms. The number of piperidine rings is 1. The fourth-order valence-electron chi connectivity index (χ4n) is 2.35. The average molecular weight is 204 g/mol. The van der Waals surface area contributed by atoms with Gasteiger partial charge < -0.3 is 5.73 Å². The molecule has 1 aliphatic rings. The fraction of sp³-hybridized carbons (Fsp3) is 0.538. The number of nitrogens with zero attached hydrogens (tertiary/aromatic N) is 1. The molecule has 1 heterocycles. The molecular weight excluding hydrogens is 184 g/mol. The summed E-state index contributed by atoms with van der Waals surface area (Å²) in [6.07, 6.45) is 3.93. The zero-order chi connectivity index (χ0) is 10.5. The first-order valence-corrected chi connectivity index (χ1v) is 5.88. The smallest absolute Gasteiger partial charge is 0.0237 e. The van der Waals surface area contributed by atoms with Crippen LogP contribution in [0.4, 0.5) is 0 Å². The summed E-state index contributed by atoms with van der Waals surface area (Å²) < 4.78 is 0. The van der Waals surface area contributed by atoms with Gasteiger partial charge in [-0.2, -0.15) is 0 Å². The van der Waals surface area contributed by atoms with Crippen LogP contribution >= 0.6 is 0 Å². The molecule has 82 valence electrons. The Morgan fingerprint density at radius 2 is 2.00 bits per heavy atom. The Labute approximate surface area is 92.1 Å².